The zero-order chi connectivity index (χ0) is 18.1. The Morgan fingerprint density at radius 1 is 1.00 bits per heavy atom. The molecule has 0 aliphatic rings. The number of hydrogen-bond acceptors (Lipinski definition) is 4. The fraction of sp³-hybridized carbons (Fsp3) is 0.100. The monoisotopic (exact) mass is 363 g/mol. The molecule has 0 aliphatic carbocycles. The summed E-state index contributed by atoms with van der Waals surface area (Å²) in [5.41, 5.74) is 5.72. The number of sulfone groups is 1. The van der Waals surface area contributed by atoms with E-state index in [2.05, 4.69) is 9.97 Å². The van der Waals surface area contributed by atoms with Crippen LogP contribution in [-0.2, 0) is 15.6 Å². The number of aromatic nitrogens is 3. The van der Waals surface area contributed by atoms with Crippen molar-refractivity contribution in [3.05, 3.63) is 79.0 Å². The molecule has 1 aromatic carbocycles. The lowest BCUT2D eigenvalue weighted by Gasteiger charge is -2.12. The van der Waals surface area contributed by atoms with Crippen molar-refractivity contribution in [2.45, 2.75) is 5.75 Å². The Morgan fingerprint density at radius 3 is 2.50 bits per heavy atom. The lowest BCUT2D eigenvalue weighted by Crippen LogP contribution is -2.00. The first-order valence-electron chi connectivity index (χ1n) is 8.14. The molecule has 0 N–H and O–H groups in total. The van der Waals surface area contributed by atoms with E-state index in [1.165, 1.54) is 6.26 Å². The van der Waals surface area contributed by atoms with E-state index in [1.54, 1.807) is 12.4 Å². The van der Waals surface area contributed by atoms with Crippen molar-refractivity contribution in [2.75, 3.05) is 6.26 Å². The topological polar surface area (TPSA) is 64.3 Å². The fourth-order valence-corrected chi connectivity index (χ4v) is 3.83. The summed E-state index contributed by atoms with van der Waals surface area (Å²) in [7, 11) is -3.05. The van der Waals surface area contributed by atoms with E-state index in [-0.39, 0.29) is 5.75 Å². The number of rotatable bonds is 4. The molecule has 0 atom stereocenters. The highest BCUT2D eigenvalue weighted by atomic mass is 32.2. The van der Waals surface area contributed by atoms with Gasteiger partial charge in [0.05, 0.1) is 5.75 Å². The third-order valence-corrected chi connectivity index (χ3v) is 5.05. The molecule has 4 aromatic rings. The van der Waals surface area contributed by atoms with Crippen LogP contribution >= 0.6 is 0 Å². The van der Waals surface area contributed by atoms with Crippen LogP contribution in [0.5, 0.6) is 0 Å². The van der Waals surface area contributed by atoms with E-state index in [9.17, 15) is 8.42 Å². The largest absolute Gasteiger partial charge is 0.306 e. The molecule has 6 heteroatoms. The Balaban J connectivity index is 1.85. The standard InChI is InChI=1S/C20H17N3O2S/c1-26(24,25)14-15-4-6-16(7-5-15)18-11-20-22-9-10-23(20)13-19(18)17-3-2-8-21-12-17/h2-13H,14H2,1H3. The van der Waals surface area contributed by atoms with E-state index < -0.39 is 9.84 Å². The van der Waals surface area contributed by atoms with E-state index in [1.807, 2.05) is 65.5 Å². The maximum atomic E-state index is 11.5. The molecule has 0 spiro atoms. The van der Waals surface area contributed by atoms with Crippen LogP contribution in [0.2, 0.25) is 0 Å². The molecule has 0 unspecified atom stereocenters. The summed E-state index contributed by atoms with van der Waals surface area (Å²) in [5.74, 6) is 0.0437. The number of nitrogens with zero attached hydrogens (tertiary/aromatic N) is 3. The molecular weight excluding hydrogens is 346 g/mol. The minimum Gasteiger partial charge on any atom is -0.306 e. The van der Waals surface area contributed by atoms with Crippen LogP contribution in [0.25, 0.3) is 27.9 Å². The molecule has 5 nitrogen and oxygen atoms in total. The summed E-state index contributed by atoms with van der Waals surface area (Å²) >= 11 is 0. The van der Waals surface area contributed by atoms with Crippen LogP contribution in [0.3, 0.4) is 0 Å². The molecule has 0 fully saturated rings. The average molecular weight is 363 g/mol. The molecular formula is C20H17N3O2S. The predicted octanol–water partition coefficient (Wildman–Crippen LogP) is 3.61. The maximum absolute atomic E-state index is 11.5. The van der Waals surface area contributed by atoms with Crippen molar-refractivity contribution >= 4 is 15.5 Å². The van der Waals surface area contributed by atoms with Gasteiger partial charge in [-0.15, -0.1) is 0 Å². The summed E-state index contributed by atoms with van der Waals surface area (Å²) in [6.45, 7) is 0. The van der Waals surface area contributed by atoms with Gasteiger partial charge in [0, 0.05) is 48.4 Å². The highest BCUT2D eigenvalue weighted by Gasteiger charge is 2.11. The van der Waals surface area contributed by atoms with Gasteiger partial charge in [0.2, 0.25) is 0 Å². The Morgan fingerprint density at radius 2 is 1.81 bits per heavy atom. The highest BCUT2D eigenvalue weighted by molar-refractivity contribution is 7.89. The number of imidazole rings is 1. The molecule has 0 radical (unpaired) electrons. The number of hydrogen-bond donors (Lipinski definition) is 0. The third-order valence-electron chi connectivity index (χ3n) is 4.20. The Hall–Kier alpha value is -2.99. The van der Waals surface area contributed by atoms with Crippen molar-refractivity contribution in [1.29, 1.82) is 0 Å². The van der Waals surface area contributed by atoms with Gasteiger partial charge in [0.15, 0.2) is 9.84 Å². The van der Waals surface area contributed by atoms with Crippen LogP contribution < -0.4 is 0 Å². The normalized spacial score (nSPS) is 11.7. The molecule has 3 aromatic heterocycles. The van der Waals surface area contributed by atoms with Crippen molar-refractivity contribution < 1.29 is 8.42 Å². The van der Waals surface area contributed by atoms with Gasteiger partial charge in [-0.05, 0) is 28.8 Å². The van der Waals surface area contributed by atoms with E-state index in [0.717, 1.165) is 33.5 Å². The number of fused-ring (bicyclic) bond motifs is 1. The molecule has 0 saturated heterocycles. The fourth-order valence-electron chi connectivity index (χ4n) is 3.04. The maximum Gasteiger partial charge on any atom is 0.151 e. The molecule has 3 heterocycles. The van der Waals surface area contributed by atoms with Crippen molar-refractivity contribution in [3.63, 3.8) is 0 Å². The van der Waals surface area contributed by atoms with Gasteiger partial charge in [0.25, 0.3) is 0 Å². The van der Waals surface area contributed by atoms with Gasteiger partial charge in [0.1, 0.15) is 5.65 Å². The van der Waals surface area contributed by atoms with Gasteiger partial charge in [-0.1, -0.05) is 30.3 Å². The molecule has 4 rings (SSSR count). The molecule has 0 amide bonds. The average Bonchev–Trinajstić information content (AvgIpc) is 3.08. The zero-order valence-corrected chi connectivity index (χ0v) is 15.0. The van der Waals surface area contributed by atoms with Crippen molar-refractivity contribution in [3.8, 4) is 22.3 Å². The number of pyridine rings is 2. The first-order chi connectivity index (χ1) is 12.5. The van der Waals surface area contributed by atoms with Gasteiger partial charge >= 0.3 is 0 Å². The Labute approximate surface area is 151 Å². The highest BCUT2D eigenvalue weighted by Crippen LogP contribution is 2.33. The van der Waals surface area contributed by atoms with E-state index >= 15 is 0 Å². The first-order valence-corrected chi connectivity index (χ1v) is 10.2. The van der Waals surface area contributed by atoms with Crippen molar-refractivity contribution in [2.24, 2.45) is 0 Å². The predicted molar refractivity (Wildman–Crippen MR) is 102 cm³/mol. The lowest BCUT2D eigenvalue weighted by atomic mass is 9.96. The Kier molecular flexibility index (Phi) is 4.05. The molecule has 130 valence electrons. The summed E-state index contributed by atoms with van der Waals surface area (Å²) < 4.78 is 25.0. The Bertz CT molecular complexity index is 1160. The molecule has 0 aliphatic heterocycles. The summed E-state index contributed by atoms with van der Waals surface area (Å²) in [6.07, 6.45) is 10.5. The second-order valence-corrected chi connectivity index (χ2v) is 8.44. The summed E-state index contributed by atoms with van der Waals surface area (Å²) in [5, 5.41) is 0. The third kappa shape index (κ3) is 3.36. The quantitative estimate of drug-likeness (QED) is 0.556. The van der Waals surface area contributed by atoms with Crippen molar-refractivity contribution in [1.82, 2.24) is 14.4 Å². The zero-order valence-electron chi connectivity index (χ0n) is 14.2. The first kappa shape index (κ1) is 16.5. The van der Waals surface area contributed by atoms with Crippen LogP contribution in [0, 0.1) is 0 Å². The van der Waals surface area contributed by atoms with Crippen LogP contribution in [0.4, 0.5) is 0 Å². The smallest absolute Gasteiger partial charge is 0.151 e. The van der Waals surface area contributed by atoms with E-state index in [0.29, 0.717) is 0 Å². The molecule has 26 heavy (non-hydrogen) atoms. The second-order valence-electron chi connectivity index (χ2n) is 6.30. The molecule has 0 bridgehead atoms. The minimum atomic E-state index is -3.05. The van der Waals surface area contributed by atoms with Crippen LogP contribution in [-0.4, -0.2) is 29.0 Å². The van der Waals surface area contributed by atoms with Gasteiger partial charge in [-0.2, -0.15) is 0 Å². The van der Waals surface area contributed by atoms with E-state index in [4.69, 9.17) is 0 Å². The van der Waals surface area contributed by atoms with Gasteiger partial charge in [-0.25, -0.2) is 13.4 Å². The lowest BCUT2D eigenvalue weighted by molar-refractivity contribution is 0.601. The molecule has 0 saturated carbocycles. The minimum absolute atomic E-state index is 0.0437. The summed E-state index contributed by atoms with van der Waals surface area (Å²) in [6, 6.07) is 13.6. The van der Waals surface area contributed by atoms with Crippen LogP contribution in [0.1, 0.15) is 5.56 Å². The SMILES string of the molecule is CS(=O)(=O)Cc1ccc(-c2cc3nccn3cc2-c2cccnc2)cc1. The van der Waals surface area contributed by atoms with Gasteiger partial charge < -0.3 is 4.40 Å². The van der Waals surface area contributed by atoms with Crippen LogP contribution in [0.15, 0.2) is 73.4 Å². The van der Waals surface area contributed by atoms with Gasteiger partial charge in [-0.3, -0.25) is 4.98 Å². The number of benzene rings is 1. The second kappa shape index (κ2) is 6.38. The summed E-state index contributed by atoms with van der Waals surface area (Å²) in [4.78, 5) is 8.60.